The molecular weight excluding hydrogens is 213 g/mol. The van der Waals surface area contributed by atoms with Crippen molar-refractivity contribution in [1.82, 2.24) is 9.78 Å². The number of aliphatic carboxylic acids is 1. The molecule has 1 N–H and O–H groups in total. The van der Waals surface area contributed by atoms with Gasteiger partial charge in [-0.2, -0.15) is 18.3 Å². The second-order valence-electron chi connectivity index (χ2n) is 3.13. The third-order valence-electron chi connectivity index (χ3n) is 1.94. The van der Waals surface area contributed by atoms with Gasteiger partial charge in [0.2, 0.25) is 0 Å². The van der Waals surface area contributed by atoms with Crippen LogP contribution in [0.1, 0.15) is 24.4 Å². The van der Waals surface area contributed by atoms with E-state index in [1.807, 2.05) is 0 Å². The lowest BCUT2D eigenvalue weighted by atomic mass is 10.3. The molecular formula is C8H9F3N2O2. The molecule has 0 saturated carbocycles. The van der Waals surface area contributed by atoms with E-state index in [2.05, 4.69) is 5.10 Å². The topological polar surface area (TPSA) is 55.1 Å². The van der Waals surface area contributed by atoms with E-state index in [0.29, 0.717) is 0 Å². The number of carboxylic acid groups (broad SMARTS) is 1. The van der Waals surface area contributed by atoms with E-state index in [1.165, 1.54) is 13.8 Å². The zero-order chi connectivity index (χ0) is 11.8. The predicted octanol–water partition coefficient (Wildman–Crippen LogP) is 1.86. The molecule has 1 aromatic heterocycles. The van der Waals surface area contributed by atoms with Crippen LogP contribution in [-0.2, 0) is 11.0 Å². The number of carbonyl (C=O) groups is 1. The van der Waals surface area contributed by atoms with Crippen molar-refractivity contribution in [3.8, 4) is 0 Å². The smallest absolute Gasteiger partial charge is 0.435 e. The average molecular weight is 222 g/mol. The summed E-state index contributed by atoms with van der Waals surface area (Å²) in [6.45, 7) is 2.64. The Balaban J connectivity index is 3.12. The molecule has 0 aliphatic heterocycles. The molecule has 1 aromatic rings. The first-order valence-corrected chi connectivity index (χ1v) is 4.09. The largest absolute Gasteiger partial charge is 0.480 e. The van der Waals surface area contributed by atoms with Crippen LogP contribution in [0.2, 0.25) is 0 Å². The van der Waals surface area contributed by atoms with Gasteiger partial charge in [0.15, 0.2) is 5.69 Å². The highest BCUT2D eigenvalue weighted by Crippen LogP contribution is 2.29. The zero-order valence-electron chi connectivity index (χ0n) is 8.04. The van der Waals surface area contributed by atoms with Crippen LogP contribution in [0.25, 0.3) is 0 Å². The van der Waals surface area contributed by atoms with E-state index in [-0.39, 0.29) is 5.69 Å². The van der Waals surface area contributed by atoms with E-state index in [0.717, 1.165) is 10.7 Å². The second kappa shape index (κ2) is 3.56. The summed E-state index contributed by atoms with van der Waals surface area (Å²) >= 11 is 0. The monoisotopic (exact) mass is 222 g/mol. The van der Waals surface area contributed by atoms with Crippen molar-refractivity contribution < 1.29 is 23.1 Å². The Morgan fingerprint density at radius 1 is 1.60 bits per heavy atom. The lowest BCUT2D eigenvalue weighted by molar-refractivity contribution is -0.144. The normalized spacial score (nSPS) is 13.9. The molecule has 0 fully saturated rings. The summed E-state index contributed by atoms with van der Waals surface area (Å²) in [6, 6.07) is -0.291. The number of rotatable bonds is 2. The molecule has 84 valence electrons. The Morgan fingerprint density at radius 2 is 2.13 bits per heavy atom. The first kappa shape index (κ1) is 11.5. The van der Waals surface area contributed by atoms with Gasteiger partial charge in [-0.3, -0.25) is 4.68 Å². The molecule has 7 heteroatoms. The van der Waals surface area contributed by atoms with Crippen LogP contribution in [0.15, 0.2) is 6.07 Å². The molecule has 0 amide bonds. The molecule has 0 aliphatic rings. The average Bonchev–Trinajstić information content (AvgIpc) is 2.45. The molecule has 0 radical (unpaired) electrons. The third-order valence-corrected chi connectivity index (χ3v) is 1.94. The van der Waals surface area contributed by atoms with Crippen molar-refractivity contribution >= 4 is 5.97 Å². The maximum absolute atomic E-state index is 12.2. The van der Waals surface area contributed by atoms with Gasteiger partial charge in [0, 0.05) is 5.69 Å². The predicted molar refractivity (Wildman–Crippen MR) is 44.3 cm³/mol. The summed E-state index contributed by atoms with van der Waals surface area (Å²) in [5.41, 5.74) is -0.912. The maximum Gasteiger partial charge on any atom is 0.435 e. The number of alkyl halides is 3. The minimum atomic E-state index is -4.55. The van der Waals surface area contributed by atoms with Crippen molar-refractivity contribution in [1.29, 1.82) is 0 Å². The van der Waals surface area contributed by atoms with Crippen LogP contribution in [0.5, 0.6) is 0 Å². The fraction of sp³-hybridized carbons (Fsp3) is 0.500. The minimum absolute atomic E-state index is 0.164. The molecule has 0 spiro atoms. The van der Waals surface area contributed by atoms with Gasteiger partial charge in [0.25, 0.3) is 0 Å². The number of nitrogens with zero attached hydrogens (tertiary/aromatic N) is 2. The summed E-state index contributed by atoms with van der Waals surface area (Å²) in [6.07, 6.45) is -4.55. The van der Waals surface area contributed by atoms with Crippen molar-refractivity contribution in [2.45, 2.75) is 26.1 Å². The van der Waals surface area contributed by atoms with Crippen LogP contribution in [0.4, 0.5) is 13.2 Å². The fourth-order valence-corrected chi connectivity index (χ4v) is 1.12. The van der Waals surface area contributed by atoms with Gasteiger partial charge in [-0.05, 0) is 19.9 Å². The van der Waals surface area contributed by atoms with Gasteiger partial charge >= 0.3 is 12.1 Å². The van der Waals surface area contributed by atoms with Gasteiger partial charge < -0.3 is 5.11 Å². The number of hydrogen-bond acceptors (Lipinski definition) is 2. The Morgan fingerprint density at radius 3 is 2.47 bits per heavy atom. The Bertz CT molecular complexity index is 384. The third kappa shape index (κ3) is 2.28. The van der Waals surface area contributed by atoms with Crippen LogP contribution in [0, 0.1) is 6.92 Å². The molecule has 15 heavy (non-hydrogen) atoms. The molecule has 1 atom stereocenters. The second-order valence-corrected chi connectivity index (χ2v) is 3.13. The SMILES string of the molecule is Cc1cc(C(F)(F)F)nn1[C@@H](C)C(=O)O. The highest BCUT2D eigenvalue weighted by molar-refractivity contribution is 5.71. The minimum Gasteiger partial charge on any atom is -0.480 e. The molecule has 0 aliphatic carbocycles. The highest BCUT2D eigenvalue weighted by atomic mass is 19.4. The summed E-state index contributed by atoms with van der Waals surface area (Å²) in [4.78, 5) is 10.6. The number of halogens is 3. The van der Waals surface area contributed by atoms with Crippen LogP contribution in [0.3, 0.4) is 0 Å². The van der Waals surface area contributed by atoms with E-state index in [1.54, 1.807) is 0 Å². The van der Waals surface area contributed by atoms with Crippen molar-refractivity contribution in [2.75, 3.05) is 0 Å². The number of hydrogen-bond donors (Lipinski definition) is 1. The quantitative estimate of drug-likeness (QED) is 0.830. The molecule has 0 aromatic carbocycles. The van der Waals surface area contributed by atoms with Gasteiger partial charge in [-0.1, -0.05) is 0 Å². The van der Waals surface area contributed by atoms with E-state index in [4.69, 9.17) is 5.11 Å². The standard InChI is InChI=1S/C8H9F3N2O2/c1-4-3-6(8(9,10)11)12-13(4)5(2)7(14)15/h3,5H,1-2H3,(H,14,15)/t5-/m0/s1. The number of aryl methyl sites for hydroxylation is 1. The molecule has 4 nitrogen and oxygen atoms in total. The lowest BCUT2D eigenvalue weighted by Crippen LogP contribution is -2.18. The number of carboxylic acids is 1. The first-order chi connectivity index (χ1) is 6.73. The Hall–Kier alpha value is -1.53. The molecule has 0 bridgehead atoms. The highest BCUT2D eigenvalue weighted by Gasteiger charge is 2.35. The van der Waals surface area contributed by atoms with Crippen LogP contribution >= 0.6 is 0 Å². The van der Waals surface area contributed by atoms with Crippen LogP contribution in [-0.4, -0.2) is 20.9 Å². The number of aromatic nitrogens is 2. The van der Waals surface area contributed by atoms with Gasteiger partial charge in [0.05, 0.1) is 0 Å². The molecule has 0 unspecified atom stereocenters. The van der Waals surface area contributed by atoms with Crippen molar-refractivity contribution in [3.05, 3.63) is 17.5 Å². The van der Waals surface area contributed by atoms with Crippen LogP contribution < -0.4 is 0 Å². The zero-order valence-corrected chi connectivity index (χ0v) is 8.04. The molecule has 0 saturated heterocycles. The van der Waals surface area contributed by atoms with Gasteiger partial charge in [-0.25, -0.2) is 4.79 Å². The molecule has 1 rings (SSSR count). The molecule has 1 heterocycles. The van der Waals surface area contributed by atoms with E-state index in [9.17, 15) is 18.0 Å². The van der Waals surface area contributed by atoms with E-state index < -0.39 is 23.9 Å². The summed E-state index contributed by atoms with van der Waals surface area (Å²) in [7, 11) is 0. The summed E-state index contributed by atoms with van der Waals surface area (Å²) in [5, 5.41) is 11.8. The first-order valence-electron chi connectivity index (χ1n) is 4.09. The summed E-state index contributed by atoms with van der Waals surface area (Å²) < 4.78 is 37.5. The Labute approximate surface area is 83.3 Å². The Kier molecular flexibility index (Phi) is 2.74. The lowest BCUT2D eigenvalue weighted by Gasteiger charge is -2.08. The fourth-order valence-electron chi connectivity index (χ4n) is 1.12. The van der Waals surface area contributed by atoms with E-state index >= 15 is 0 Å². The summed E-state index contributed by atoms with van der Waals surface area (Å²) in [5.74, 6) is -1.23. The maximum atomic E-state index is 12.2. The van der Waals surface area contributed by atoms with Crippen molar-refractivity contribution in [2.24, 2.45) is 0 Å². The van der Waals surface area contributed by atoms with Crippen molar-refractivity contribution in [3.63, 3.8) is 0 Å². The van der Waals surface area contributed by atoms with Gasteiger partial charge in [-0.15, -0.1) is 0 Å². The van der Waals surface area contributed by atoms with Gasteiger partial charge in [0.1, 0.15) is 6.04 Å².